The third-order valence-electron chi connectivity index (χ3n) is 4.97. The number of rotatable bonds is 5. The third-order valence-corrected chi connectivity index (χ3v) is 4.97. The fourth-order valence-electron chi connectivity index (χ4n) is 3.50. The molecule has 0 bridgehead atoms. The van der Waals surface area contributed by atoms with Crippen molar-refractivity contribution in [2.45, 2.75) is 26.2 Å². The number of aryl methyl sites for hydroxylation is 1. The van der Waals surface area contributed by atoms with Crippen LogP contribution < -0.4 is 5.32 Å². The van der Waals surface area contributed by atoms with E-state index in [1.807, 2.05) is 18.2 Å². The van der Waals surface area contributed by atoms with Crippen LogP contribution in [-0.2, 0) is 22.6 Å². The van der Waals surface area contributed by atoms with Crippen molar-refractivity contribution in [2.75, 3.05) is 33.9 Å². The molecule has 3 rings (SSSR count). The summed E-state index contributed by atoms with van der Waals surface area (Å²) in [7, 11) is 3.34. The Morgan fingerprint density at radius 2 is 2.10 bits per heavy atom. The van der Waals surface area contributed by atoms with Gasteiger partial charge in [0, 0.05) is 32.8 Å². The lowest BCUT2D eigenvalue weighted by Crippen LogP contribution is -2.48. The van der Waals surface area contributed by atoms with Crippen molar-refractivity contribution >= 4 is 29.9 Å². The van der Waals surface area contributed by atoms with Crippen LogP contribution >= 0.6 is 24.0 Å². The maximum atomic E-state index is 13.8. The van der Waals surface area contributed by atoms with Gasteiger partial charge in [0.1, 0.15) is 11.9 Å². The molecule has 1 heterocycles. The second kappa shape index (κ2) is 11.5. The van der Waals surface area contributed by atoms with Gasteiger partial charge in [-0.1, -0.05) is 30.3 Å². The minimum atomic E-state index is -0.246. The first-order chi connectivity index (χ1) is 13.6. The van der Waals surface area contributed by atoms with Crippen LogP contribution in [-0.4, -0.2) is 44.7 Å². The van der Waals surface area contributed by atoms with Crippen LogP contribution in [0.1, 0.15) is 28.4 Å². The molecular weight excluding hydrogens is 484 g/mol. The van der Waals surface area contributed by atoms with Crippen molar-refractivity contribution in [3.05, 3.63) is 70.5 Å². The number of ether oxygens (including phenoxy) is 2. The van der Waals surface area contributed by atoms with Crippen molar-refractivity contribution in [1.29, 1.82) is 0 Å². The van der Waals surface area contributed by atoms with Gasteiger partial charge in [-0.25, -0.2) is 4.39 Å². The molecule has 0 radical (unpaired) electrons. The topological polar surface area (TPSA) is 46.1 Å². The van der Waals surface area contributed by atoms with E-state index in [9.17, 15) is 4.39 Å². The van der Waals surface area contributed by atoms with E-state index in [0.29, 0.717) is 18.7 Å². The summed E-state index contributed by atoms with van der Waals surface area (Å²) in [4.78, 5) is 6.64. The molecule has 1 atom stereocenters. The third kappa shape index (κ3) is 6.13. The normalized spacial score (nSPS) is 17.0. The molecule has 0 spiro atoms. The minimum Gasteiger partial charge on any atom is -0.380 e. The molecule has 1 aliphatic heterocycles. The largest absolute Gasteiger partial charge is 0.380 e. The molecule has 1 unspecified atom stereocenters. The summed E-state index contributed by atoms with van der Waals surface area (Å²) in [5.74, 6) is 0.573. The lowest BCUT2D eigenvalue weighted by Gasteiger charge is -2.35. The molecule has 5 nitrogen and oxygen atoms in total. The van der Waals surface area contributed by atoms with Gasteiger partial charge in [0.2, 0.25) is 0 Å². The Labute approximate surface area is 189 Å². The van der Waals surface area contributed by atoms with E-state index in [2.05, 4.69) is 34.3 Å². The first-order valence-corrected chi connectivity index (χ1v) is 9.51. The molecule has 1 aliphatic rings. The molecule has 0 saturated carbocycles. The smallest absolute Gasteiger partial charge is 0.194 e. The first kappa shape index (κ1) is 23.6. The minimum absolute atomic E-state index is 0. The fraction of sp³-hybridized carbons (Fsp3) is 0.409. The monoisotopic (exact) mass is 513 g/mol. The number of benzene rings is 2. The molecule has 2 aromatic rings. The fourth-order valence-corrected chi connectivity index (χ4v) is 3.50. The number of nitrogens with one attached hydrogen (secondary N) is 1. The SMILES string of the molecule is CN=C(NCc1ccc(F)c(COC)c1)N1CCOC(c2ccccc2C)C1.I. The van der Waals surface area contributed by atoms with Gasteiger partial charge in [0.05, 0.1) is 19.8 Å². The highest BCUT2D eigenvalue weighted by molar-refractivity contribution is 14.0. The van der Waals surface area contributed by atoms with E-state index in [-0.39, 0.29) is 42.5 Å². The zero-order valence-electron chi connectivity index (χ0n) is 17.2. The van der Waals surface area contributed by atoms with Gasteiger partial charge in [0.15, 0.2) is 5.96 Å². The standard InChI is InChI=1S/C22H28FN3O2.HI/c1-16-6-4-5-7-19(16)21-14-26(10-11-28-21)22(24-2)25-13-17-8-9-20(23)18(12-17)15-27-3;/h4-9,12,21H,10-11,13-15H2,1-3H3,(H,24,25);1H. The van der Waals surface area contributed by atoms with Crippen molar-refractivity contribution in [3.8, 4) is 0 Å². The van der Waals surface area contributed by atoms with Crippen LogP contribution in [0.3, 0.4) is 0 Å². The predicted molar refractivity (Wildman–Crippen MR) is 124 cm³/mol. The number of halogens is 2. The van der Waals surface area contributed by atoms with Gasteiger partial charge in [0.25, 0.3) is 0 Å². The number of methoxy groups -OCH3 is 1. The average molecular weight is 513 g/mol. The van der Waals surface area contributed by atoms with Crippen molar-refractivity contribution < 1.29 is 13.9 Å². The summed E-state index contributed by atoms with van der Waals surface area (Å²) >= 11 is 0. The highest BCUT2D eigenvalue weighted by Gasteiger charge is 2.25. The highest BCUT2D eigenvalue weighted by Crippen LogP contribution is 2.25. The lowest BCUT2D eigenvalue weighted by molar-refractivity contribution is -0.00834. The number of morpholine rings is 1. The van der Waals surface area contributed by atoms with E-state index < -0.39 is 0 Å². The summed E-state index contributed by atoms with van der Waals surface area (Å²) in [6, 6.07) is 13.4. The van der Waals surface area contributed by atoms with E-state index in [1.54, 1.807) is 20.2 Å². The summed E-state index contributed by atoms with van der Waals surface area (Å²) in [6.07, 6.45) is 0.0210. The second-order valence-electron chi connectivity index (χ2n) is 6.92. The quantitative estimate of drug-likeness (QED) is 0.373. The Kier molecular flexibility index (Phi) is 9.32. The average Bonchev–Trinajstić information content (AvgIpc) is 2.71. The lowest BCUT2D eigenvalue weighted by atomic mass is 10.0. The zero-order chi connectivity index (χ0) is 19.9. The van der Waals surface area contributed by atoms with Crippen LogP contribution in [0.15, 0.2) is 47.5 Å². The number of nitrogens with zero attached hydrogens (tertiary/aromatic N) is 2. The Hall–Kier alpha value is -1.71. The molecule has 0 aromatic heterocycles. The van der Waals surface area contributed by atoms with Crippen LogP contribution in [0.5, 0.6) is 0 Å². The van der Waals surface area contributed by atoms with Gasteiger partial charge >= 0.3 is 0 Å². The van der Waals surface area contributed by atoms with E-state index in [1.165, 1.54) is 17.2 Å². The molecule has 1 saturated heterocycles. The Morgan fingerprint density at radius 1 is 1.31 bits per heavy atom. The molecule has 2 aromatic carbocycles. The molecule has 1 fully saturated rings. The Morgan fingerprint density at radius 3 is 2.83 bits per heavy atom. The first-order valence-electron chi connectivity index (χ1n) is 9.51. The number of hydrogen-bond acceptors (Lipinski definition) is 3. The zero-order valence-corrected chi connectivity index (χ0v) is 19.5. The summed E-state index contributed by atoms with van der Waals surface area (Å²) in [5.41, 5.74) is 3.99. The molecule has 7 heteroatoms. The van der Waals surface area contributed by atoms with Crippen LogP contribution in [0, 0.1) is 12.7 Å². The van der Waals surface area contributed by atoms with Gasteiger partial charge in [-0.05, 0) is 35.7 Å². The molecular formula is C22H29FIN3O2. The number of aliphatic imine (C=N–C) groups is 1. The molecule has 0 amide bonds. The van der Waals surface area contributed by atoms with Crippen LogP contribution in [0.25, 0.3) is 0 Å². The summed E-state index contributed by atoms with van der Waals surface area (Å²) < 4.78 is 24.9. The van der Waals surface area contributed by atoms with Gasteiger partial charge < -0.3 is 19.7 Å². The van der Waals surface area contributed by atoms with Crippen molar-refractivity contribution in [1.82, 2.24) is 10.2 Å². The van der Waals surface area contributed by atoms with Gasteiger partial charge in [-0.15, -0.1) is 24.0 Å². The Balaban J connectivity index is 0.00000300. The Bertz CT molecular complexity index is 831. The van der Waals surface area contributed by atoms with Crippen LogP contribution in [0.4, 0.5) is 4.39 Å². The summed E-state index contributed by atoms with van der Waals surface area (Å²) in [5, 5.41) is 3.39. The van der Waals surface area contributed by atoms with Gasteiger partial charge in [-0.3, -0.25) is 4.99 Å². The predicted octanol–water partition coefficient (Wildman–Crippen LogP) is 4.05. The summed E-state index contributed by atoms with van der Waals surface area (Å²) in [6.45, 7) is 5.10. The highest BCUT2D eigenvalue weighted by atomic mass is 127. The van der Waals surface area contributed by atoms with Gasteiger partial charge in [-0.2, -0.15) is 0 Å². The van der Waals surface area contributed by atoms with Crippen molar-refractivity contribution in [3.63, 3.8) is 0 Å². The molecule has 29 heavy (non-hydrogen) atoms. The second-order valence-corrected chi connectivity index (χ2v) is 6.92. The van der Waals surface area contributed by atoms with Crippen LogP contribution in [0.2, 0.25) is 0 Å². The number of hydrogen-bond donors (Lipinski definition) is 1. The molecule has 1 N–H and O–H groups in total. The maximum Gasteiger partial charge on any atom is 0.194 e. The van der Waals surface area contributed by atoms with E-state index in [0.717, 1.165) is 24.6 Å². The number of guanidine groups is 1. The molecule has 158 valence electrons. The van der Waals surface area contributed by atoms with E-state index >= 15 is 0 Å². The maximum absolute atomic E-state index is 13.8. The van der Waals surface area contributed by atoms with E-state index in [4.69, 9.17) is 9.47 Å². The molecule has 0 aliphatic carbocycles. The van der Waals surface area contributed by atoms with Crippen molar-refractivity contribution in [2.24, 2.45) is 4.99 Å².